The monoisotopic (exact) mass is 487 g/mol. The molecule has 0 aliphatic rings. The highest BCUT2D eigenvalue weighted by Gasteiger charge is 2.29. The van der Waals surface area contributed by atoms with Gasteiger partial charge in [0.05, 0.1) is 12.1 Å². The van der Waals surface area contributed by atoms with Crippen molar-refractivity contribution in [2.45, 2.75) is 12.7 Å². The van der Waals surface area contributed by atoms with E-state index in [2.05, 4.69) is 0 Å². The molecule has 0 aliphatic carbocycles. The van der Waals surface area contributed by atoms with Gasteiger partial charge >= 0.3 is 17.8 Å². The number of halogens is 3. The van der Waals surface area contributed by atoms with Gasteiger partial charge in [0.2, 0.25) is 5.78 Å². The van der Waals surface area contributed by atoms with E-state index < -0.39 is 46.9 Å². The molecule has 35 heavy (non-hydrogen) atoms. The summed E-state index contributed by atoms with van der Waals surface area (Å²) in [5.74, 6) is -2.24. The van der Waals surface area contributed by atoms with Crippen molar-refractivity contribution in [3.8, 4) is 0 Å². The van der Waals surface area contributed by atoms with Gasteiger partial charge in [-0.05, 0) is 29.3 Å². The van der Waals surface area contributed by atoms with Crippen molar-refractivity contribution >= 4 is 23.6 Å². The summed E-state index contributed by atoms with van der Waals surface area (Å²) in [6, 6.07) is 12.8. The van der Waals surface area contributed by atoms with Gasteiger partial charge in [-0.1, -0.05) is 42.5 Å². The van der Waals surface area contributed by atoms with Crippen LogP contribution in [0.15, 0.2) is 70.3 Å². The van der Waals surface area contributed by atoms with Crippen molar-refractivity contribution in [1.29, 1.82) is 0 Å². The fourth-order valence-electron chi connectivity index (χ4n) is 3.17. The Labute approximate surface area is 196 Å². The molecule has 1 heterocycles. The molecule has 3 rings (SSSR count). The Morgan fingerprint density at radius 2 is 1.66 bits per heavy atom. The van der Waals surface area contributed by atoms with Crippen LogP contribution < -0.4 is 17.0 Å². The molecule has 1 aromatic heterocycles. The number of nitrogens with zero attached hydrogens (tertiary/aromatic N) is 2. The summed E-state index contributed by atoms with van der Waals surface area (Å²) in [5.41, 5.74) is 4.00. The summed E-state index contributed by atoms with van der Waals surface area (Å²) >= 11 is 0. The average molecular weight is 487 g/mol. The summed E-state index contributed by atoms with van der Waals surface area (Å²) in [6.45, 7) is -0.825. The maximum atomic E-state index is 12.6. The van der Waals surface area contributed by atoms with Gasteiger partial charge in [0.1, 0.15) is 11.4 Å². The minimum Gasteiger partial charge on any atom is -0.454 e. The standard InChI is InChI=1S/C24H20F3N3O5/c1-29-22(33)20(21(28)30(23(29)34)13-16-5-3-2-4-6-16)18(31)14-35-19(32)12-9-15-7-10-17(11-8-15)24(25,26)27/h2-12H,13-14,28H2,1H3/b12-9+. The van der Waals surface area contributed by atoms with E-state index in [4.69, 9.17) is 10.5 Å². The molecule has 11 heteroatoms. The molecule has 0 amide bonds. The number of alkyl halides is 3. The van der Waals surface area contributed by atoms with Crippen LogP contribution in [0.4, 0.5) is 19.0 Å². The first-order valence-corrected chi connectivity index (χ1v) is 10.2. The quantitative estimate of drug-likeness (QED) is 0.312. The van der Waals surface area contributed by atoms with Crippen molar-refractivity contribution in [3.05, 3.63) is 104 Å². The summed E-state index contributed by atoms with van der Waals surface area (Å²) in [5, 5.41) is 0. The van der Waals surface area contributed by atoms with E-state index in [1.54, 1.807) is 30.3 Å². The molecule has 0 bridgehead atoms. The molecule has 0 atom stereocenters. The number of hydrogen-bond donors (Lipinski definition) is 1. The second-order valence-electron chi connectivity index (χ2n) is 7.46. The van der Waals surface area contributed by atoms with Gasteiger partial charge < -0.3 is 10.5 Å². The summed E-state index contributed by atoms with van der Waals surface area (Å²) in [4.78, 5) is 49.7. The number of anilines is 1. The van der Waals surface area contributed by atoms with Gasteiger partial charge in [-0.25, -0.2) is 9.59 Å². The molecule has 0 radical (unpaired) electrons. The fraction of sp³-hybridized carbons (Fsp3) is 0.167. The number of carbonyl (C=O) groups is 2. The van der Waals surface area contributed by atoms with Crippen LogP contribution in [0.25, 0.3) is 6.08 Å². The first-order chi connectivity index (χ1) is 16.5. The molecule has 3 aromatic rings. The summed E-state index contributed by atoms with van der Waals surface area (Å²) < 4.78 is 44.5. The molecule has 182 valence electrons. The zero-order valence-corrected chi connectivity index (χ0v) is 18.4. The average Bonchev–Trinajstić information content (AvgIpc) is 2.83. The number of hydrogen-bond acceptors (Lipinski definition) is 6. The Hall–Kier alpha value is -4.41. The number of nitrogens with two attached hydrogens (primary N) is 1. The van der Waals surface area contributed by atoms with Crippen molar-refractivity contribution in [1.82, 2.24) is 9.13 Å². The van der Waals surface area contributed by atoms with Crippen LogP contribution in [-0.4, -0.2) is 27.5 Å². The molecule has 0 saturated heterocycles. The van der Waals surface area contributed by atoms with E-state index >= 15 is 0 Å². The van der Waals surface area contributed by atoms with Gasteiger partial charge in [0.15, 0.2) is 6.61 Å². The maximum absolute atomic E-state index is 12.6. The first kappa shape index (κ1) is 25.2. The van der Waals surface area contributed by atoms with Gasteiger partial charge in [0, 0.05) is 13.1 Å². The number of aromatic nitrogens is 2. The van der Waals surface area contributed by atoms with Crippen LogP contribution in [0.1, 0.15) is 27.0 Å². The van der Waals surface area contributed by atoms with Crippen molar-refractivity contribution in [2.75, 3.05) is 12.3 Å². The lowest BCUT2D eigenvalue weighted by Gasteiger charge is -2.14. The van der Waals surface area contributed by atoms with Crippen LogP contribution in [0.5, 0.6) is 0 Å². The zero-order chi connectivity index (χ0) is 25.8. The van der Waals surface area contributed by atoms with Crippen LogP contribution >= 0.6 is 0 Å². The van der Waals surface area contributed by atoms with E-state index in [0.29, 0.717) is 11.1 Å². The summed E-state index contributed by atoms with van der Waals surface area (Å²) in [6.07, 6.45) is -2.35. The smallest absolute Gasteiger partial charge is 0.416 e. The molecule has 2 N–H and O–H groups in total. The molecular weight excluding hydrogens is 467 g/mol. The number of benzene rings is 2. The molecule has 0 unspecified atom stereocenters. The minimum atomic E-state index is -4.48. The normalized spacial score (nSPS) is 11.5. The Morgan fingerprint density at radius 3 is 2.26 bits per heavy atom. The third-order valence-electron chi connectivity index (χ3n) is 5.04. The maximum Gasteiger partial charge on any atom is 0.416 e. The second-order valence-corrected chi connectivity index (χ2v) is 7.46. The van der Waals surface area contributed by atoms with E-state index in [9.17, 15) is 32.3 Å². The second kappa shape index (κ2) is 10.2. The molecule has 0 saturated carbocycles. The predicted molar refractivity (Wildman–Crippen MR) is 122 cm³/mol. The van der Waals surface area contributed by atoms with Crippen molar-refractivity contribution in [3.63, 3.8) is 0 Å². The van der Waals surface area contributed by atoms with Gasteiger partial charge in [0.25, 0.3) is 5.56 Å². The van der Waals surface area contributed by atoms with Crippen LogP contribution in [0.2, 0.25) is 0 Å². The number of carbonyl (C=O) groups excluding carboxylic acids is 2. The lowest BCUT2D eigenvalue weighted by Crippen LogP contribution is -2.43. The minimum absolute atomic E-state index is 0.00948. The lowest BCUT2D eigenvalue weighted by atomic mass is 10.1. The van der Waals surface area contributed by atoms with E-state index in [1.807, 2.05) is 0 Å². The van der Waals surface area contributed by atoms with Crippen molar-refractivity contribution in [2.24, 2.45) is 7.05 Å². The fourth-order valence-corrected chi connectivity index (χ4v) is 3.17. The first-order valence-electron chi connectivity index (χ1n) is 10.2. The van der Waals surface area contributed by atoms with Crippen LogP contribution in [0, 0.1) is 0 Å². The third-order valence-corrected chi connectivity index (χ3v) is 5.04. The SMILES string of the molecule is Cn1c(=O)c(C(=O)COC(=O)/C=C/c2ccc(C(F)(F)F)cc2)c(N)n(Cc2ccccc2)c1=O. The van der Waals surface area contributed by atoms with E-state index in [0.717, 1.165) is 39.5 Å². The highest BCUT2D eigenvalue weighted by molar-refractivity contribution is 6.02. The highest BCUT2D eigenvalue weighted by atomic mass is 19.4. The van der Waals surface area contributed by atoms with Crippen molar-refractivity contribution < 1.29 is 27.5 Å². The van der Waals surface area contributed by atoms with E-state index in [1.165, 1.54) is 13.1 Å². The number of ketones is 1. The Morgan fingerprint density at radius 1 is 1.03 bits per heavy atom. The Balaban J connectivity index is 1.74. The van der Waals surface area contributed by atoms with Gasteiger partial charge in [-0.15, -0.1) is 0 Å². The molecule has 2 aromatic carbocycles. The molecule has 0 fully saturated rings. The molecular formula is C24H20F3N3O5. The topological polar surface area (TPSA) is 113 Å². The molecule has 0 aliphatic heterocycles. The number of rotatable bonds is 7. The highest BCUT2D eigenvalue weighted by Crippen LogP contribution is 2.29. The number of esters is 1. The molecule has 8 nitrogen and oxygen atoms in total. The predicted octanol–water partition coefficient (Wildman–Crippen LogP) is 2.64. The molecule has 0 spiro atoms. The number of nitrogen functional groups attached to an aromatic ring is 1. The Bertz CT molecular complexity index is 1390. The number of Topliss-reactive ketones (excluding diaryl/α,β-unsaturated/α-hetero) is 1. The zero-order valence-electron chi connectivity index (χ0n) is 18.4. The van der Waals surface area contributed by atoms with Gasteiger partial charge in [-0.2, -0.15) is 13.2 Å². The van der Waals surface area contributed by atoms with Crippen LogP contribution in [0.3, 0.4) is 0 Å². The van der Waals surface area contributed by atoms with Crippen LogP contribution in [-0.2, 0) is 29.3 Å². The lowest BCUT2D eigenvalue weighted by molar-refractivity contribution is -0.138. The van der Waals surface area contributed by atoms with Gasteiger partial charge in [-0.3, -0.25) is 18.7 Å². The van der Waals surface area contributed by atoms with E-state index in [-0.39, 0.29) is 12.4 Å². The third kappa shape index (κ3) is 5.94. The summed E-state index contributed by atoms with van der Waals surface area (Å²) in [7, 11) is 1.20. The number of ether oxygens (including phenoxy) is 1. The largest absolute Gasteiger partial charge is 0.454 e. The Kier molecular flexibility index (Phi) is 7.38.